The first kappa shape index (κ1) is 23.4. The maximum Gasteiger partial charge on any atom is -0.0230 e. The van der Waals surface area contributed by atoms with Crippen LogP contribution < -0.4 is 0 Å². The van der Waals surface area contributed by atoms with Gasteiger partial charge in [-0.2, -0.15) is 0 Å². The van der Waals surface area contributed by atoms with Gasteiger partial charge in [0.25, 0.3) is 0 Å². The van der Waals surface area contributed by atoms with E-state index in [1.54, 1.807) is 0 Å². The van der Waals surface area contributed by atoms with Crippen LogP contribution in [0.5, 0.6) is 0 Å². The summed E-state index contributed by atoms with van der Waals surface area (Å²) in [6.45, 7) is 6.30. The number of hydrogen-bond donors (Lipinski definition) is 0. The third-order valence-electron chi connectivity index (χ3n) is 3.99. The Balaban J connectivity index is 0.000000536. The fraction of sp³-hybridized carbons (Fsp3) is 0.231. The highest BCUT2D eigenvalue weighted by atomic mass is 14.0. The predicted molar refractivity (Wildman–Crippen MR) is 120 cm³/mol. The summed E-state index contributed by atoms with van der Waals surface area (Å²) in [6, 6.07) is 31.4. The molecule has 0 unspecified atom stereocenters. The van der Waals surface area contributed by atoms with Crippen LogP contribution in [0.3, 0.4) is 0 Å². The molecule has 138 valence electrons. The largest absolute Gasteiger partial charge is 0.0952 e. The molecule has 0 nitrogen and oxygen atoms in total. The van der Waals surface area contributed by atoms with E-state index in [2.05, 4.69) is 92.4 Å². The Labute approximate surface area is 161 Å². The maximum atomic E-state index is 4.14. The summed E-state index contributed by atoms with van der Waals surface area (Å²) in [5.74, 6) is 0. The van der Waals surface area contributed by atoms with Crippen molar-refractivity contribution in [3.05, 3.63) is 114 Å². The molecule has 3 aromatic rings. The van der Waals surface area contributed by atoms with E-state index >= 15 is 0 Å². The smallest absolute Gasteiger partial charge is 0.0230 e. The Bertz CT molecular complexity index is 697. The van der Waals surface area contributed by atoms with Crippen molar-refractivity contribution < 1.29 is 0 Å². The van der Waals surface area contributed by atoms with Crippen LogP contribution in [0.4, 0.5) is 0 Å². The summed E-state index contributed by atoms with van der Waals surface area (Å²) in [5.41, 5.74) is 5.25. The Hall–Kier alpha value is -2.60. The van der Waals surface area contributed by atoms with E-state index in [1.165, 1.54) is 22.3 Å². The summed E-state index contributed by atoms with van der Waals surface area (Å²) < 4.78 is 0. The van der Waals surface area contributed by atoms with Crippen molar-refractivity contribution in [1.82, 2.24) is 0 Å². The number of aryl methyl sites for hydroxylation is 2. The molecule has 0 heterocycles. The molecule has 0 amide bonds. The molecule has 0 radical (unpaired) electrons. The van der Waals surface area contributed by atoms with E-state index in [0.717, 1.165) is 19.3 Å². The van der Waals surface area contributed by atoms with Crippen LogP contribution in [-0.2, 0) is 12.8 Å². The quantitative estimate of drug-likeness (QED) is 0.441. The van der Waals surface area contributed by atoms with Crippen LogP contribution in [-0.4, -0.2) is 0 Å². The van der Waals surface area contributed by atoms with Crippen LogP contribution in [0.15, 0.2) is 97.6 Å². The molecule has 0 spiro atoms. The van der Waals surface area contributed by atoms with Gasteiger partial charge in [-0.25, -0.2) is 0 Å². The Morgan fingerprint density at radius 3 is 1.50 bits per heavy atom. The summed E-state index contributed by atoms with van der Waals surface area (Å²) in [5, 5.41) is 0. The summed E-state index contributed by atoms with van der Waals surface area (Å²) in [7, 11) is 0. The first-order valence-corrected chi connectivity index (χ1v) is 8.60. The highest BCUT2D eigenvalue weighted by Gasteiger charge is 1.98. The first-order chi connectivity index (χ1) is 11.8. The van der Waals surface area contributed by atoms with Crippen LogP contribution in [0.1, 0.15) is 44.9 Å². The van der Waals surface area contributed by atoms with Gasteiger partial charge in [0.2, 0.25) is 0 Å². The average Bonchev–Trinajstić information content (AvgIpc) is 2.69. The van der Waals surface area contributed by atoms with Gasteiger partial charge in [0.05, 0.1) is 0 Å². The molecule has 0 saturated heterocycles. The fourth-order valence-electron chi connectivity index (χ4n) is 2.47. The van der Waals surface area contributed by atoms with Crippen molar-refractivity contribution in [1.29, 1.82) is 0 Å². The van der Waals surface area contributed by atoms with Crippen LogP contribution in [0.25, 0.3) is 5.57 Å². The second kappa shape index (κ2) is 13.7. The van der Waals surface area contributed by atoms with E-state index in [4.69, 9.17) is 0 Å². The van der Waals surface area contributed by atoms with E-state index < -0.39 is 0 Å². The molecule has 3 rings (SSSR count). The molecule has 3 aromatic carbocycles. The molecule has 0 aliphatic heterocycles. The second-order valence-electron chi connectivity index (χ2n) is 5.79. The monoisotopic (exact) mass is 346 g/mol. The van der Waals surface area contributed by atoms with Crippen molar-refractivity contribution in [2.75, 3.05) is 0 Å². The SMILES string of the molecule is C.C.C=C(CCc1ccccc1)c1ccccc1.CCc1ccccc1. The van der Waals surface area contributed by atoms with Gasteiger partial charge < -0.3 is 0 Å². The molecule has 0 aliphatic carbocycles. The van der Waals surface area contributed by atoms with Crippen LogP contribution in [0.2, 0.25) is 0 Å². The lowest BCUT2D eigenvalue weighted by atomic mass is 10.00. The first-order valence-electron chi connectivity index (χ1n) is 8.60. The number of benzene rings is 3. The van der Waals surface area contributed by atoms with Crippen molar-refractivity contribution in [2.45, 2.75) is 41.0 Å². The van der Waals surface area contributed by atoms with Gasteiger partial charge in [-0.05, 0) is 41.5 Å². The molecule has 0 saturated carbocycles. The molecule has 0 atom stereocenters. The molecular formula is C26H34. The Kier molecular flexibility index (Phi) is 12.3. The Morgan fingerprint density at radius 1 is 0.654 bits per heavy atom. The van der Waals surface area contributed by atoms with E-state index in [1.807, 2.05) is 12.1 Å². The Morgan fingerprint density at radius 2 is 1.08 bits per heavy atom. The van der Waals surface area contributed by atoms with Gasteiger partial charge in [0, 0.05) is 0 Å². The van der Waals surface area contributed by atoms with E-state index in [0.29, 0.717) is 0 Å². The lowest BCUT2D eigenvalue weighted by molar-refractivity contribution is 1.02. The van der Waals surface area contributed by atoms with Gasteiger partial charge >= 0.3 is 0 Å². The zero-order valence-electron chi connectivity index (χ0n) is 14.5. The van der Waals surface area contributed by atoms with Gasteiger partial charge in [0.1, 0.15) is 0 Å². The average molecular weight is 347 g/mol. The van der Waals surface area contributed by atoms with Gasteiger partial charge in [-0.3, -0.25) is 0 Å². The third kappa shape index (κ3) is 8.48. The topological polar surface area (TPSA) is 0 Å². The summed E-state index contributed by atoms with van der Waals surface area (Å²) >= 11 is 0. The highest BCUT2D eigenvalue weighted by molar-refractivity contribution is 5.63. The molecule has 26 heavy (non-hydrogen) atoms. The van der Waals surface area contributed by atoms with E-state index in [9.17, 15) is 0 Å². The number of hydrogen-bond acceptors (Lipinski definition) is 0. The maximum absolute atomic E-state index is 4.14. The standard InChI is InChI=1S/C16H16.C8H10.2CH4/c1-14(16-10-6-3-7-11-16)12-13-15-8-4-2-5-9-15;1-2-8-6-4-3-5-7-8;;/h2-11H,1,12-13H2;3-7H,2H2,1H3;2*1H4. The minimum absolute atomic E-state index is 0. The summed E-state index contributed by atoms with van der Waals surface area (Å²) in [6.07, 6.45) is 3.23. The van der Waals surface area contributed by atoms with Crippen molar-refractivity contribution >= 4 is 5.57 Å². The molecule has 0 aromatic heterocycles. The van der Waals surface area contributed by atoms with Gasteiger partial charge in [0.15, 0.2) is 0 Å². The van der Waals surface area contributed by atoms with Crippen LogP contribution in [0, 0.1) is 0 Å². The van der Waals surface area contributed by atoms with Gasteiger partial charge in [-0.1, -0.05) is 119 Å². The minimum atomic E-state index is 0. The zero-order valence-corrected chi connectivity index (χ0v) is 14.5. The fourth-order valence-corrected chi connectivity index (χ4v) is 2.47. The van der Waals surface area contributed by atoms with Crippen molar-refractivity contribution in [2.24, 2.45) is 0 Å². The van der Waals surface area contributed by atoms with Gasteiger partial charge in [-0.15, -0.1) is 0 Å². The normalized spacial score (nSPS) is 8.96. The molecule has 0 N–H and O–H groups in total. The predicted octanol–water partition coefficient (Wildman–Crippen LogP) is 7.85. The zero-order chi connectivity index (χ0) is 17.0. The lowest BCUT2D eigenvalue weighted by Gasteiger charge is -2.05. The number of allylic oxidation sites excluding steroid dienone is 1. The minimum Gasteiger partial charge on any atom is -0.0952 e. The number of rotatable bonds is 5. The molecule has 0 fully saturated rings. The third-order valence-corrected chi connectivity index (χ3v) is 3.99. The molecule has 0 heteroatoms. The van der Waals surface area contributed by atoms with E-state index in [-0.39, 0.29) is 14.9 Å². The van der Waals surface area contributed by atoms with Crippen LogP contribution >= 0.6 is 0 Å². The molecule has 0 bridgehead atoms. The van der Waals surface area contributed by atoms with Crippen molar-refractivity contribution in [3.8, 4) is 0 Å². The molecule has 0 aliphatic rings. The lowest BCUT2D eigenvalue weighted by Crippen LogP contribution is -1.87. The highest BCUT2D eigenvalue weighted by Crippen LogP contribution is 2.17. The van der Waals surface area contributed by atoms with Crippen molar-refractivity contribution in [3.63, 3.8) is 0 Å². The second-order valence-corrected chi connectivity index (χ2v) is 5.79. The molecular weight excluding hydrogens is 312 g/mol. The summed E-state index contributed by atoms with van der Waals surface area (Å²) in [4.78, 5) is 0.